The maximum absolute atomic E-state index is 13.5. The summed E-state index contributed by atoms with van der Waals surface area (Å²) in [6, 6.07) is 0. The summed E-state index contributed by atoms with van der Waals surface area (Å²) < 4.78 is 0. The predicted molar refractivity (Wildman–Crippen MR) is 161 cm³/mol. The zero-order valence-corrected chi connectivity index (χ0v) is 24.4. The number of allylic oxidation sites excluding steroid dienone is 11. The second-order valence-electron chi connectivity index (χ2n) is 12.4. The van der Waals surface area contributed by atoms with Crippen LogP contribution >= 0.6 is 0 Å². The summed E-state index contributed by atoms with van der Waals surface area (Å²) in [7, 11) is 0. The second-order valence-corrected chi connectivity index (χ2v) is 12.4. The molecule has 0 amide bonds. The van der Waals surface area contributed by atoms with Crippen LogP contribution in [0.1, 0.15) is 60.8 Å². The van der Waals surface area contributed by atoms with E-state index in [9.17, 15) is 15.0 Å². The molecule has 1 fully saturated rings. The molecule has 7 rings (SSSR count). The minimum Gasteiger partial charge on any atom is -0.508 e. The van der Waals surface area contributed by atoms with Crippen LogP contribution in [-0.4, -0.2) is 38.7 Å². The van der Waals surface area contributed by atoms with Crippen molar-refractivity contribution in [1.82, 2.24) is 5.32 Å². The number of aliphatic hydroxyl groups excluding tert-OH is 1. The summed E-state index contributed by atoms with van der Waals surface area (Å²) in [6.07, 6.45) is 9.40. The Morgan fingerprint density at radius 3 is 2.46 bits per heavy atom. The lowest BCUT2D eigenvalue weighted by atomic mass is 9.75. The van der Waals surface area contributed by atoms with Crippen LogP contribution in [0.2, 0.25) is 0 Å². The van der Waals surface area contributed by atoms with Crippen molar-refractivity contribution in [2.24, 2.45) is 26.3 Å². The van der Waals surface area contributed by atoms with Crippen LogP contribution < -0.4 is 5.32 Å². The van der Waals surface area contributed by atoms with E-state index >= 15 is 0 Å². The fraction of sp³-hybridized carbons (Fsp3) is 0.353. The van der Waals surface area contributed by atoms with Crippen molar-refractivity contribution in [3.8, 4) is 0 Å². The van der Waals surface area contributed by atoms with Crippen molar-refractivity contribution in [3.05, 3.63) is 104 Å². The second kappa shape index (κ2) is 8.23. The molecule has 5 heterocycles. The molecule has 0 aromatic heterocycles. The Balaban J connectivity index is 1.59. The van der Waals surface area contributed by atoms with Gasteiger partial charge in [-0.3, -0.25) is 4.79 Å². The molecule has 2 atom stereocenters. The van der Waals surface area contributed by atoms with E-state index in [0.717, 1.165) is 62.9 Å². The number of hydrogen-bond acceptors (Lipinski definition) is 7. The maximum atomic E-state index is 13.5. The summed E-state index contributed by atoms with van der Waals surface area (Å²) in [5.41, 5.74) is 9.35. The van der Waals surface area contributed by atoms with E-state index < -0.39 is 16.8 Å². The zero-order chi connectivity index (χ0) is 29.2. The van der Waals surface area contributed by atoms with Gasteiger partial charge in [0.25, 0.3) is 0 Å². The normalized spacial score (nSPS) is 29.6. The highest BCUT2D eigenvalue weighted by atomic mass is 16.3. The standard InChI is InChI=1S/C34H34N4O3/c1-8-18-15(3)21-12-24-19(9-2)16(4)23(36-24)14-26-33(6,7)20-10-11-27(39)34(41)29(30(20)38-26)31-28(32(34)40)17(5)22(37-31)13-25(18)35-21/h9,12-14,20,38,40-41H,2,8,10-11H2,1,3-7H3. The van der Waals surface area contributed by atoms with E-state index in [1.807, 2.05) is 25.2 Å². The minimum atomic E-state index is -2.13. The highest BCUT2D eigenvalue weighted by Crippen LogP contribution is 2.55. The van der Waals surface area contributed by atoms with Gasteiger partial charge in [-0.2, -0.15) is 0 Å². The van der Waals surface area contributed by atoms with E-state index in [1.165, 1.54) is 0 Å². The molecule has 3 N–H and O–H groups in total. The average molecular weight is 547 g/mol. The van der Waals surface area contributed by atoms with Crippen LogP contribution in [0, 0.1) is 11.3 Å². The third kappa shape index (κ3) is 3.13. The largest absolute Gasteiger partial charge is 0.508 e. The van der Waals surface area contributed by atoms with Gasteiger partial charge in [-0.15, -0.1) is 0 Å². The molecule has 0 aromatic rings. The predicted octanol–water partition coefficient (Wildman–Crippen LogP) is 5.94. The molecule has 41 heavy (non-hydrogen) atoms. The first kappa shape index (κ1) is 25.8. The van der Waals surface area contributed by atoms with Gasteiger partial charge in [0.15, 0.2) is 5.78 Å². The Bertz CT molecular complexity index is 1790. The Labute approximate surface area is 240 Å². The first-order valence-electron chi connectivity index (χ1n) is 14.3. The third-order valence-corrected chi connectivity index (χ3v) is 10.0. The summed E-state index contributed by atoms with van der Waals surface area (Å²) in [5, 5.41) is 27.2. The fourth-order valence-corrected chi connectivity index (χ4v) is 7.45. The molecule has 0 saturated carbocycles. The van der Waals surface area contributed by atoms with Gasteiger partial charge in [0.1, 0.15) is 5.76 Å². The lowest BCUT2D eigenvalue weighted by Crippen LogP contribution is -2.41. The van der Waals surface area contributed by atoms with E-state index in [-0.39, 0.29) is 18.1 Å². The van der Waals surface area contributed by atoms with Crippen LogP contribution in [-0.2, 0) is 4.79 Å². The maximum Gasteiger partial charge on any atom is 0.210 e. The van der Waals surface area contributed by atoms with Crippen molar-refractivity contribution in [3.63, 3.8) is 0 Å². The molecule has 5 aliphatic heterocycles. The number of aliphatic hydroxyl groups is 2. The number of nitrogens with one attached hydrogen (secondary N) is 1. The van der Waals surface area contributed by atoms with Gasteiger partial charge in [0, 0.05) is 45.9 Å². The zero-order valence-electron chi connectivity index (χ0n) is 24.4. The number of Topliss-reactive ketones (excluding diaryl/α,β-unsaturated/α-hetero) is 1. The van der Waals surface area contributed by atoms with Crippen molar-refractivity contribution in [2.75, 3.05) is 0 Å². The van der Waals surface area contributed by atoms with Crippen LogP contribution in [0.3, 0.4) is 0 Å². The van der Waals surface area contributed by atoms with Gasteiger partial charge in [0.05, 0.1) is 34.2 Å². The average Bonchev–Trinajstić information content (AvgIpc) is 3.60. The van der Waals surface area contributed by atoms with Crippen molar-refractivity contribution in [2.45, 2.75) is 66.4 Å². The Kier molecular flexibility index (Phi) is 5.19. The molecule has 208 valence electrons. The molecular weight excluding hydrogens is 512 g/mol. The topological polar surface area (TPSA) is 107 Å². The fourth-order valence-electron chi connectivity index (χ4n) is 7.45. The van der Waals surface area contributed by atoms with Crippen LogP contribution in [0.4, 0.5) is 0 Å². The highest BCUT2D eigenvalue weighted by molar-refractivity contribution is 6.27. The highest BCUT2D eigenvalue weighted by Gasteiger charge is 2.60. The van der Waals surface area contributed by atoms with Crippen LogP contribution in [0.25, 0.3) is 0 Å². The van der Waals surface area contributed by atoms with Gasteiger partial charge in [-0.25, -0.2) is 15.0 Å². The molecule has 2 aliphatic carbocycles. The van der Waals surface area contributed by atoms with Gasteiger partial charge >= 0.3 is 0 Å². The van der Waals surface area contributed by atoms with Gasteiger partial charge in [0.2, 0.25) is 5.60 Å². The lowest BCUT2D eigenvalue weighted by Gasteiger charge is -2.26. The lowest BCUT2D eigenvalue weighted by molar-refractivity contribution is -0.132. The number of carbonyl (C=O) groups excluding carboxylic acids is 1. The van der Waals surface area contributed by atoms with E-state index in [4.69, 9.17) is 15.0 Å². The number of ketones is 1. The van der Waals surface area contributed by atoms with Gasteiger partial charge < -0.3 is 15.5 Å². The summed E-state index contributed by atoms with van der Waals surface area (Å²) in [4.78, 5) is 28.6. The number of carbonyl (C=O) groups is 1. The monoisotopic (exact) mass is 546 g/mol. The molecule has 0 radical (unpaired) electrons. The minimum absolute atomic E-state index is 0.0889. The van der Waals surface area contributed by atoms with E-state index in [2.05, 4.69) is 52.6 Å². The Hall–Kier alpha value is -4.10. The number of fused-ring (bicyclic) bond motifs is 4. The number of hydrogen-bond donors (Lipinski definition) is 3. The SMILES string of the molecule is C=CC1=C(C)C2=NC1=CC1=NC(=CC3=C(C)C4=C(O)C5(O)C(=O)CCC6C(=C5C4=N3)NC(=C2)C6(C)C)C(CC)=C1C. The van der Waals surface area contributed by atoms with Gasteiger partial charge in [-0.05, 0) is 74.1 Å². The van der Waals surface area contributed by atoms with Gasteiger partial charge in [-0.1, -0.05) is 33.4 Å². The molecule has 2 unspecified atom stereocenters. The van der Waals surface area contributed by atoms with Crippen molar-refractivity contribution < 1.29 is 15.0 Å². The Morgan fingerprint density at radius 1 is 1.05 bits per heavy atom. The number of nitrogens with zero attached hydrogens (tertiary/aromatic N) is 3. The molecule has 0 aromatic carbocycles. The third-order valence-electron chi connectivity index (χ3n) is 10.0. The van der Waals surface area contributed by atoms with E-state index in [1.54, 1.807) is 0 Å². The first-order chi connectivity index (χ1) is 19.4. The molecule has 7 aliphatic rings. The molecular formula is C34H34N4O3. The number of rotatable bonds is 2. The molecule has 8 bridgehead atoms. The summed E-state index contributed by atoms with van der Waals surface area (Å²) >= 11 is 0. The summed E-state index contributed by atoms with van der Waals surface area (Å²) in [5.74, 6) is -0.814. The molecule has 7 heteroatoms. The van der Waals surface area contributed by atoms with E-state index in [0.29, 0.717) is 34.5 Å². The molecule has 0 spiro atoms. The van der Waals surface area contributed by atoms with Crippen LogP contribution in [0.15, 0.2) is 119 Å². The van der Waals surface area contributed by atoms with Crippen molar-refractivity contribution in [1.29, 1.82) is 0 Å². The molecule has 7 nitrogen and oxygen atoms in total. The summed E-state index contributed by atoms with van der Waals surface area (Å²) in [6.45, 7) is 16.5. The smallest absolute Gasteiger partial charge is 0.210 e. The first-order valence-corrected chi connectivity index (χ1v) is 14.3. The van der Waals surface area contributed by atoms with Crippen LogP contribution in [0.5, 0.6) is 0 Å². The quantitative estimate of drug-likeness (QED) is 0.399. The Morgan fingerprint density at radius 2 is 1.76 bits per heavy atom. The molecule has 1 saturated heterocycles. The number of aliphatic imine (C=N–C) groups is 3. The van der Waals surface area contributed by atoms with Crippen molar-refractivity contribution >= 4 is 22.9 Å².